The van der Waals surface area contributed by atoms with E-state index in [9.17, 15) is 0 Å². The van der Waals surface area contributed by atoms with E-state index in [4.69, 9.17) is 4.74 Å². The molecule has 0 amide bonds. The molecule has 2 nitrogen and oxygen atoms in total. The highest BCUT2D eigenvalue weighted by Gasteiger charge is 2.55. The number of benzene rings is 1. The first kappa shape index (κ1) is 17.4. The lowest BCUT2D eigenvalue weighted by Gasteiger charge is -2.35. The molecule has 0 N–H and O–H groups in total. The summed E-state index contributed by atoms with van der Waals surface area (Å²) in [7, 11) is 2.29. The highest BCUT2D eigenvalue weighted by Crippen LogP contribution is 2.58. The van der Waals surface area contributed by atoms with Crippen LogP contribution in [0.1, 0.15) is 67.9 Å². The molecular formula is C23H35NO. The van der Waals surface area contributed by atoms with Crippen LogP contribution in [0.3, 0.4) is 0 Å². The van der Waals surface area contributed by atoms with Gasteiger partial charge in [-0.15, -0.1) is 0 Å². The number of hydrogen-bond donors (Lipinski definition) is 0. The van der Waals surface area contributed by atoms with Gasteiger partial charge >= 0.3 is 0 Å². The van der Waals surface area contributed by atoms with Gasteiger partial charge in [-0.05, 0) is 93.6 Å². The van der Waals surface area contributed by atoms with E-state index in [0.717, 1.165) is 24.3 Å². The molecule has 3 aliphatic rings. The molecule has 2 heterocycles. The second-order valence-corrected chi connectivity index (χ2v) is 9.56. The molecule has 1 aliphatic carbocycles. The Morgan fingerprint density at radius 1 is 1.00 bits per heavy atom. The van der Waals surface area contributed by atoms with Crippen molar-refractivity contribution in [2.24, 2.45) is 17.8 Å². The highest BCUT2D eigenvalue weighted by atomic mass is 16.5. The fourth-order valence-corrected chi connectivity index (χ4v) is 5.99. The minimum Gasteiger partial charge on any atom is -0.489 e. The average Bonchev–Trinajstić information content (AvgIpc) is 2.74. The Balaban J connectivity index is 1.98. The molecule has 2 heteroatoms. The summed E-state index contributed by atoms with van der Waals surface area (Å²) in [6, 6.07) is 0. The zero-order valence-corrected chi connectivity index (χ0v) is 17.2. The first-order chi connectivity index (χ1) is 11.8. The standard InChI is InChI=1S/C23H35NO/c1-13-10-20-23(11-14(2)15(13)3)8-9-24(7)12-19-17(5)16(4)18(6)22(25-20)21(19)23/h13-15,20H,8-12H2,1-7H3. The van der Waals surface area contributed by atoms with E-state index in [1.54, 1.807) is 11.1 Å². The van der Waals surface area contributed by atoms with Gasteiger partial charge in [-0.3, -0.25) is 0 Å². The predicted molar refractivity (Wildman–Crippen MR) is 104 cm³/mol. The van der Waals surface area contributed by atoms with Gasteiger partial charge < -0.3 is 9.64 Å². The van der Waals surface area contributed by atoms with Gasteiger partial charge in [0.2, 0.25) is 0 Å². The van der Waals surface area contributed by atoms with Crippen LogP contribution in [0.4, 0.5) is 0 Å². The molecule has 138 valence electrons. The first-order valence-corrected chi connectivity index (χ1v) is 10.2. The molecule has 2 aliphatic heterocycles. The number of hydrogen-bond acceptors (Lipinski definition) is 2. The van der Waals surface area contributed by atoms with Gasteiger partial charge in [0.25, 0.3) is 0 Å². The van der Waals surface area contributed by atoms with E-state index in [0.29, 0.717) is 6.10 Å². The van der Waals surface area contributed by atoms with Crippen LogP contribution >= 0.6 is 0 Å². The molecule has 1 aromatic rings. The van der Waals surface area contributed by atoms with Gasteiger partial charge in [0.15, 0.2) is 0 Å². The first-order valence-electron chi connectivity index (χ1n) is 10.2. The van der Waals surface area contributed by atoms with Crippen molar-refractivity contribution in [3.05, 3.63) is 27.8 Å². The molecule has 0 saturated heterocycles. The lowest BCUT2D eigenvalue weighted by atomic mass is 9.67. The molecule has 0 bridgehead atoms. The molecule has 1 fully saturated rings. The third-order valence-electron chi connectivity index (χ3n) is 8.26. The zero-order valence-electron chi connectivity index (χ0n) is 17.2. The third kappa shape index (κ3) is 2.32. The molecule has 5 atom stereocenters. The number of rotatable bonds is 0. The van der Waals surface area contributed by atoms with Crippen molar-refractivity contribution in [3.63, 3.8) is 0 Å². The summed E-state index contributed by atoms with van der Waals surface area (Å²) >= 11 is 0. The van der Waals surface area contributed by atoms with E-state index in [-0.39, 0.29) is 5.41 Å². The summed E-state index contributed by atoms with van der Waals surface area (Å²) in [5.41, 5.74) is 7.75. The largest absolute Gasteiger partial charge is 0.489 e. The van der Waals surface area contributed by atoms with Crippen molar-refractivity contribution in [3.8, 4) is 5.75 Å². The van der Waals surface area contributed by atoms with Gasteiger partial charge in [-0.1, -0.05) is 20.8 Å². The van der Waals surface area contributed by atoms with Crippen molar-refractivity contribution in [1.82, 2.24) is 4.90 Å². The lowest BCUT2D eigenvalue weighted by molar-refractivity contribution is 0.110. The third-order valence-corrected chi connectivity index (χ3v) is 8.26. The molecule has 1 saturated carbocycles. The van der Waals surface area contributed by atoms with Crippen molar-refractivity contribution >= 4 is 0 Å². The van der Waals surface area contributed by atoms with Crippen LogP contribution in [0, 0.1) is 38.5 Å². The van der Waals surface area contributed by atoms with E-state index >= 15 is 0 Å². The molecule has 0 radical (unpaired) electrons. The molecule has 25 heavy (non-hydrogen) atoms. The molecule has 1 spiro atoms. The van der Waals surface area contributed by atoms with Crippen molar-refractivity contribution in [1.29, 1.82) is 0 Å². The van der Waals surface area contributed by atoms with Crippen LogP contribution in [0.5, 0.6) is 5.75 Å². The van der Waals surface area contributed by atoms with E-state index in [2.05, 4.69) is 53.5 Å². The maximum atomic E-state index is 6.81. The minimum absolute atomic E-state index is 0.233. The normalized spacial score (nSPS) is 37.7. The summed E-state index contributed by atoms with van der Waals surface area (Å²) in [5, 5.41) is 0. The minimum atomic E-state index is 0.233. The van der Waals surface area contributed by atoms with E-state index in [1.807, 2.05) is 0 Å². The summed E-state index contributed by atoms with van der Waals surface area (Å²) in [5.74, 6) is 3.53. The Kier molecular flexibility index (Phi) is 3.99. The topological polar surface area (TPSA) is 12.5 Å². The summed E-state index contributed by atoms with van der Waals surface area (Å²) in [6.45, 7) is 16.5. The zero-order chi connectivity index (χ0) is 18.1. The van der Waals surface area contributed by atoms with Crippen molar-refractivity contribution in [2.75, 3.05) is 13.6 Å². The molecule has 1 aromatic carbocycles. The fourth-order valence-electron chi connectivity index (χ4n) is 5.99. The number of ether oxygens (including phenoxy) is 1. The predicted octanol–water partition coefficient (Wildman–Crippen LogP) is 5.15. The number of nitrogens with zero attached hydrogens (tertiary/aromatic N) is 1. The quantitative estimate of drug-likeness (QED) is 0.647. The SMILES string of the molecule is Cc1c(C)c2c3c(c1C)OC1CC(C)C(C)C(C)CC31CCN(C)C2. The van der Waals surface area contributed by atoms with Gasteiger partial charge in [0.1, 0.15) is 11.9 Å². The van der Waals surface area contributed by atoms with Crippen LogP contribution in [0.2, 0.25) is 0 Å². The molecule has 5 unspecified atom stereocenters. The van der Waals surface area contributed by atoms with Gasteiger partial charge in [-0.2, -0.15) is 0 Å². The van der Waals surface area contributed by atoms with Gasteiger partial charge in [-0.25, -0.2) is 0 Å². The van der Waals surface area contributed by atoms with Crippen molar-refractivity contribution in [2.45, 2.75) is 78.9 Å². The Labute approximate surface area is 153 Å². The summed E-state index contributed by atoms with van der Waals surface area (Å²) < 4.78 is 6.81. The molecule has 4 rings (SSSR count). The average molecular weight is 342 g/mol. The van der Waals surface area contributed by atoms with Crippen LogP contribution in [0.25, 0.3) is 0 Å². The highest BCUT2D eigenvalue weighted by molar-refractivity contribution is 5.61. The Morgan fingerprint density at radius 2 is 1.72 bits per heavy atom. The van der Waals surface area contributed by atoms with Gasteiger partial charge in [0.05, 0.1) is 0 Å². The monoisotopic (exact) mass is 341 g/mol. The Bertz CT molecular complexity index is 709. The molecular weight excluding hydrogens is 306 g/mol. The smallest absolute Gasteiger partial charge is 0.127 e. The van der Waals surface area contributed by atoms with Crippen LogP contribution in [0.15, 0.2) is 0 Å². The van der Waals surface area contributed by atoms with E-state index < -0.39 is 0 Å². The van der Waals surface area contributed by atoms with Crippen LogP contribution in [-0.2, 0) is 12.0 Å². The van der Waals surface area contributed by atoms with Crippen LogP contribution in [-0.4, -0.2) is 24.6 Å². The summed E-state index contributed by atoms with van der Waals surface area (Å²) in [4.78, 5) is 2.53. The molecule has 0 aromatic heterocycles. The fraction of sp³-hybridized carbons (Fsp3) is 0.739. The maximum absolute atomic E-state index is 6.81. The Hall–Kier alpha value is -1.02. The summed E-state index contributed by atoms with van der Waals surface area (Å²) in [6.07, 6.45) is 4.12. The lowest BCUT2D eigenvalue weighted by Crippen LogP contribution is -2.40. The maximum Gasteiger partial charge on any atom is 0.127 e. The van der Waals surface area contributed by atoms with E-state index in [1.165, 1.54) is 48.2 Å². The van der Waals surface area contributed by atoms with Gasteiger partial charge in [0, 0.05) is 17.5 Å². The Morgan fingerprint density at radius 3 is 2.44 bits per heavy atom. The second kappa shape index (κ2) is 5.74. The van der Waals surface area contributed by atoms with Crippen LogP contribution < -0.4 is 4.74 Å². The van der Waals surface area contributed by atoms with Crippen molar-refractivity contribution < 1.29 is 4.74 Å². The second-order valence-electron chi connectivity index (χ2n) is 9.56.